The van der Waals surface area contributed by atoms with Crippen LogP contribution in [0.5, 0.6) is 5.75 Å². The number of nitrogens with zero attached hydrogens (tertiary/aromatic N) is 1. The Kier molecular flexibility index (Phi) is 5.01. The van der Waals surface area contributed by atoms with Crippen LogP contribution in [0, 0.1) is 0 Å². The van der Waals surface area contributed by atoms with E-state index in [1.807, 2.05) is 0 Å². The molecular formula is C13H15Cl2NO4S. The van der Waals surface area contributed by atoms with E-state index in [0.29, 0.717) is 13.1 Å². The van der Waals surface area contributed by atoms with E-state index >= 15 is 0 Å². The Bertz CT molecular complexity index is 642. The van der Waals surface area contributed by atoms with Gasteiger partial charge in [-0.25, -0.2) is 8.42 Å². The molecule has 5 nitrogen and oxygen atoms in total. The van der Waals surface area contributed by atoms with Gasteiger partial charge in [0.25, 0.3) is 15.0 Å². The third-order valence-corrected chi connectivity index (χ3v) is 4.82. The third-order valence-electron chi connectivity index (χ3n) is 3.24. The van der Waals surface area contributed by atoms with Crippen LogP contribution in [0.4, 0.5) is 0 Å². The van der Waals surface area contributed by atoms with Gasteiger partial charge in [0.2, 0.25) is 0 Å². The lowest BCUT2D eigenvalue weighted by Gasteiger charge is -2.22. The molecule has 116 valence electrons. The highest BCUT2D eigenvalue weighted by Crippen LogP contribution is 2.30. The van der Waals surface area contributed by atoms with E-state index in [2.05, 4.69) is 0 Å². The first kappa shape index (κ1) is 16.4. The van der Waals surface area contributed by atoms with Crippen LogP contribution in [-0.2, 0) is 13.8 Å². The first-order chi connectivity index (χ1) is 9.79. The number of likely N-dealkylation sites (tertiary alicyclic amines) is 1. The molecule has 1 atom stereocenters. The van der Waals surface area contributed by atoms with Crippen LogP contribution >= 0.6 is 22.3 Å². The van der Waals surface area contributed by atoms with Crippen LogP contribution in [0.2, 0.25) is 5.02 Å². The molecule has 8 heteroatoms. The molecule has 2 rings (SSSR count). The molecule has 1 aromatic rings. The minimum Gasteiger partial charge on any atom is -0.479 e. The van der Waals surface area contributed by atoms with Gasteiger partial charge in [-0.3, -0.25) is 4.79 Å². The fourth-order valence-electron chi connectivity index (χ4n) is 2.21. The average molecular weight is 352 g/mol. The van der Waals surface area contributed by atoms with Crippen molar-refractivity contribution < 1.29 is 17.9 Å². The molecule has 0 radical (unpaired) electrons. The summed E-state index contributed by atoms with van der Waals surface area (Å²) in [6.45, 7) is 2.99. The van der Waals surface area contributed by atoms with Gasteiger partial charge >= 0.3 is 0 Å². The molecule has 0 aromatic heterocycles. The van der Waals surface area contributed by atoms with Gasteiger partial charge in [-0.15, -0.1) is 0 Å². The lowest BCUT2D eigenvalue weighted by atomic mass is 10.3. The molecule has 0 N–H and O–H groups in total. The normalized spacial score (nSPS) is 16.8. The van der Waals surface area contributed by atoms with E-state index in [1.165, 1.54) is 18.2 Å². The zero-order chi connectivity index (χ0) is 15.6. The maximum Gasteiger partial charge on any atom is 0.265 e. The van der Waals surface area contributed by atoms with Crippen molar-refractivity contribution in [2.45, 2.75) is 30.8 Å². The summed E-state index contributed by atoms with van der Waals surface area (Å²) in [6, 6.07) is 4.08. The molecule has 1 saturated heterocycles. The van der Waals surface area contributed by atoms with Gasteiger partial charge in [-0.1, -0.05) is 11.6 Å². The zero-order valence-electron chi connectivity index (χ0n) is 11.4. The van der Waals surface area contributed by atoms with E-state index in [4.69, 9.17) is 27.0 Å². The van der Waals surface area contributed by atoms with Crippen molar-refractivity contribution >= 4 is 37.2 Å². The fraction of sp³-hybridized carbons (Fsp3) is 0.462. The zero-order valence-corrected chi connectivity index (χ0v) is 13.7. The molecule has 1 amide bonds. The molecule has 1 aliphatic rings. The van der Waals surface area contributed by atoms with Gasteiger partial charge in [0.05, 0.1) is 0 Å². The largest absolute Gasteiger partial charge is 0.479 e. The second kappa shape index (κ2) is 6.42. The van der Waals surface area contributed by atoms with Crippen LogP contribution < -0.4 is 4.74 Å². The number of ether oxygens (including phenoxy) is 1. The van der Waals surface area contributed by atoms with E-state index < -0.39 is 15.2 Å². The molecule has 1 aromatic carbocycles. The minimum absolute atomic E-state index is 0.0226. The number of hydrogen-bond acceptors (Lipinski definition) is 4. The SMILES string of the molecule is CC(Oc1ccc(Cl)cc1S(=O)(=O)Cl)C(=O)N1CCCC1. The van der Waals surface area contributed by atoms with Gasteiger partial charge < -0.3 is 9.64 Å². The maximum atomic E-state index is 12.2. The summed E-state index contributed by atoms with van der Waals surface area (Å²) >= 11 is 5.77. The number of hydrogen-bond donors (Lipinski definition) is 0. The lowest BCUT2D eigenvalue weighted by molar-refractivity contribution is -0.136. The highest BCUT2D eigenvalue weighted by atomic mass is 35.7. The molecule has 0 bridgehead atoms. The number of carbonyl (C=O) groups excluding carboxylic acids is 1. The van der Waals surface area contributed by atoms with Crippen molar-refractivity contribution in [3.05, 3.63) is 23.2 Å². The molecule has 1 heterocycles. The Morgan fingerprint density at radius 1 is 1.33 bits per heavy atom. The predicted molar refractivity (Wildman–Crippen MR) is 80.4 cm³/mol. The van der Waals surface area contributed by atoms with Gasteiger partial charge in [-0.05, 0) is 38.0 Å². The Hall–Kier alpha value is -0.980. The van der Waals surface area contributed by atoms with Gasteiger partial charge in [0, 0.05) is 28.8 Å². The van der Waals surface area contributed by atoms with Crippen molar-refractivity contribution in [3.8, 4) is 5.75 Å². The summed E-state index contributed by atoms with van der Waals surface area (Å²) in [4.78, 5) is 13.6. The van der Waals surface area contributed by atoms with Crippen LogP contribution in [0.1, 0.15) is 19.8 Å². The van der Waals surface area contributed by atoms with Crippen LogP contribution in [0.25, 0.3) is 0 Å². The number of carbonyl (C=O) groups is 1. The van der Waals surface area contributed by atoms with Crippen molar-refractivity contribution in [2.75, 3.05) is 13.1 Å². The summed E-state index contributed by atoms with van der Waals surface area (Å²) in [7, 11) is 1.36. The molecule has 0 saturated carbocycles. The topological polar surface area (TPSA) is 63.7 Å². The number of benzene rings is 1. The average Bonchev–Trinajstić information content (AvgIpc) is 2.92. The Morgan fingerprint density at radius 2 is 1.95 bits per heavy atom. The van der Waals surface area contributed by atoms with E-state index in [1.54, 1.807) is 11.8 Å². The number of amides is 1. The summed E-state index contributed by atoms with van der Waals surface area (Å²) in [5.74, 6) is -0.144. The second-order valence-electron chi connectivity index (χ2n) is 4.82. The highest BCUT2D eigenvalue weighted by Gasteiger charge is 2.26. The Balaban J connectivity index is 2.21. The van der Waals surface area contributed by atoms with Crippen molar-refractivity contribution in [1.82, 2.24) is 4.90 Å². The molecular weight excluding hydrogens is 337 g/mol. The maximum absolute atomic E-state index is 12.2. The Labute approximate surface area is 133 Å². The molecule has 1 fully saturated rings. The van der Waals surface area contributed by atoms with E-state index in [9.17, 15) is 13.2 Å². The first-order valence-electron chi connectivity index (χ1n) is 6.48. The summed E-state index contributed by atoms with van der Waals surface area (Å²) in [6.07, 6.45) is 1.16. The highest BCUT2D eigenvalue weighted by molar-refractivity contribution is 8.13. The van der Waals surface area contributed by atoms with Crippen LogP contribution in [-0.4, -0.2) is 38.4 Å². The van der Waals surface area contributed by atoms with Crippen molar-refractivity contribution in [1.29, 1.82) is 0 Å². The summed E-state index contributed by atoms with van der Waals surface area (Å²) in [5, 5.41) is 0.222. The molecule has 21 heavy (non-hydrogen) atoms. The van der Waals surface area contributed by atoms with Crippen LogP contribution in [0.3, 0.4) is 0 Å². The lowest BCUT2D eigenvalue weighted by Crippen LogP contribution is -2.38. The van der Waals surface area contributed by atoms with Crippen LogP contribution in [0.15, 0.2) is 23.1 Å². The molecule has 0 aliphatic carbocycles. The van der Waals surface area contributed by atoms with Gasteiger partial charge in [0.1, 0.15) is 10.6 Å². The van der Waals surface area contributed by atoms with Crippen molar-refractivity contribution in [2.24, 2.45) is 0 Å². The Morgan fingerprint density at radius 3 is 2.52 bits per heavy atom. The standard InChI is InChI=1S/C13H15Cl2NO4S/c1-9(13(17)16-6-2-3-7-16)20-11-5-4-10(14)8-12(11)21(15,18)19/h4-5,8-9H,2-3,6-7H2,1H3. The minimum atomic E-state index is -4.01. The second-order valence-corrected chi connectivity index (χ2v) is 7.79. The van der Waals surface area contributed by atoms with Gasteiger partial charge in [-0.2, -0.15) is 0 Å². The number of rotatable bonds is 4. The number of halogens is 2. The third kappa shape index (κ3) is 4.02. The molecule has 0 spiro atoms. The monoisotopic (exact) mass is 351 g/mol. The molecule has 1 aliphatic heterocycles. The summed E-state index contributed by atoms with van der Waals surface area (Å²) in [5.41, 5.74) is 0. The van der Waals surface area contributed by atoms with E-state index in [0.717, 1.165) is 12.8 Å². The smallest absolute Gasteiger partial charge is 0.265 e. The van der Waals surface area contributed by atoms with Gasteiger partial charge in [0.15, 0.2) is 6.10 Å². The van der Waals surface area contributed by atoms with E-state index in [-0.39, 0.29) is 21.6 Å². The summed E-state index contributed by atoms with van der Waals surface area (Å²) < 4.78 is 28.6. The fourth-order valence-corrected chi connectivity index (χ4v) is 3.43. The predicted octanol–water partition coefficient (Wildman–Crippen LogP) is 2.66. The van der Waals surface area contributed by atoms with Crippen molar-refractivity contribution in [3.63, 3.8) is 0 Å². The quantitative estimate of drug-likeness (QED) is 0.782. The molecule has 1 unspecified atom stereocenters. The first-order valence-corrected chi connectivity index (χ1v) is 9.17.